The van der Waals surface area contributed by atoms with Crippen molar-refractivity contribution in [1.82, 2.24) is 15.1 Å². The van der Waals surface area contributed by atoms with Crippen LogP contribution in [0.3, 0.4) is 0 Å². The van der Waals surface area contributed by atoms with Crippen molar-refractivity contribution in [1.29, 1.82) is 0 Å². The molecule has 1 atom stereocenters. The predicted molar refractivity (Wildman–Crippen MR) is 87.2 cm³/mol. The number of hydrogen-bond donors (Lipinski definition) is 1. The summed E-state index contributed by atoms with van der Waals surface area (Å²) < 4.78 is 1.67. The number of hydrogen-bond acceptors (Lipinski definition) is 2. The molecular formula is C17H20ClN3O. The molecule has 1 N–H and O–H groups in total. The molecule has 1 aromatic heterocycles. The molecule has 0 aliphatic heterocycles. The molecule has 1 unspecified atom stereocenters. The Balaban J connectivity index is 1.87. The van der Waals surface area contributed by atoms with E-state index in [0.717, 1.165) is 19.3 Å². The Hall–Kier alpha value is -1.81. The summed E-state index contributed by atoms with van der Waals surface area (Å²) in [6.07, 6.45) is 3.12. The lowest BCUT2D eigenvalue weighted by molar-refractivity contribution is 0.0922. The van der Waals surface area contributed by atoms with Gasteiger partial charge in [0.1, 0.15) is 5.69 Å². The lowest BCUT2D eigenvalue weighted by atomic mass is 9.87. The summed E-state index contributed by atoms with van der Waals surface area (Å²) in [6.45, 7) is 4.40. The molecule has 0 radical (unpaired) electrons. The molecular weight excluding hydrogens is 298 g/mol. The molecule has 0 bridgehead atoms. The highest BCUT2D eigenvalue weighted by molar-refractivity contribution is 6.34. The second kappa shape index (κ2) is 6.13. The second-order valence-electron chi connectivity index (χ2n) is 5.68. The van der Waals surface area contributed by atoms with Gasteiger partial charge >= 0.3 is 0 Å². The molecule has 0 saturated heterocycles. The molecule has 0 spiro atoms. The molecule has 1 aliphatic rings. The minimum absolute atomic E-state index is 0.0500. The van der Waals surface area contributed by atoms with E-state index < -0.39 is 0 Å². The van der Waals surface area contributed by atoms with E-state index in [4.69, 9.17) is 11.6 Å². The summed E-state index contributed by atoms with van der Waals surface area (Å²) in [5, 5.41) is 7.89. The first kappa shape index (κ1) is 15.1. The first-order valence-corrected chi connectivity index (χ1v) is 8.11. The molecule has 116 valence electrons. The van der Waals surface area contributed by atoms with Gasteiger partial charge in [-0.15, -0.1) is 0 Å². The molecule has 22 heavy (non-hydrogen) atoms. The number of aromatic nitrogens is 2. The van der Waals surface area contributed by atoms with Gasteiger partial charge in [0.15, 0.2) is 0 Å². The fraction of sp³-hybridized carbons (Fsp3) is 0.412. The number of carbonyl (C=O) groups excluding carboxylic acids is 1. The van der Waals surface area contributed by atoms with Gasteiger partial charge in [0.05, 0.1) is 16.8 Å². The van der Waals surface area contributed by atoms with Crippen LogP contribution in [0.25, 0.3) is 0 Å². The number of nitrogens with zero attached hydrogens (tertiary/aromatic N) is 2. The summed E-state index contributed by atoms with van der Waals surface area (Å²) in [5.41, 5.74) is 3.70. The Labute approximate surface area is 135 Å². The van der Waals surface area contributed by atoms with Crippen LogP contribution in [-0.2, 0) is 13.0 Å². The van der Waals surface area contributed by atoms with E-state index >= 15 is 0 Å². The van der Waals surface area contributed by atoms with Crippen LogP contribution in [0.4, 0.5) is 0 Å². The van der Waals surface area contributed by atoms with Crippen LogP contribution >= 0.6 is 11.6 Å². The zero-order valence-electron chi connectivity index (χ0n) is 12.9. The molecule has 1 heterocycles. The topological polar surface area (TPSA) is 46.9 Å². The Kier molecular flexibility index (Phi) is 4.21. The van der Waals surface area contributed by atoms with Crippen LogP contribution in [0.5, 0.6) is 0 Å². The molecule has 4 nitrogen and oxygen atoms in total. The molecule has 0 saturated carbocycles. The highest BCUT2D eigenvalue weighted by atomic mass is 35.5. The van der Waals surface area contributed by atoms with Gasteiger partial charge in [-0.25, -0.2) is 0 Å². The van der Waals surface area contributed by atoms with Gasteiger partial charge in [-0.1, -0.05) is 35.9 Å². The standard InChI is InChI=1S/C17H20ClN3O/c1-3-21-16(15(18)11(2)20-21)17(22)19-14-10-6-8-12-7-4-5-9-13(12)14/h4-5,7,9,14H,3,6,8,10H2,1-2H3,(H,19,22). The van der Waals surface area contributed by atoms with E-state index in [1.165, 1.54) is 11.1 Å². The second-order valence-corrected chi connectivity index (χ2v) is 6.06. The number of halogens is 1. The van der Waals surface area contributed by atoms with Gasteiger partial charge < -0.3 is 5.32 Å². The lowest BCUT2D eigenvalue weighted by Crippen LogP contribution is -2.32. The zero-order chi connectivity index (χ0) is 15.7. The Bertz CT molecular complexity index is 708. The van der Waals surface area contributed by atoms with Crippen molar-refractivity contribution < 1.29 is 4.79 Å². The molecule has 0 fully saturated rings. The Morgan fingerprint density at radius 3 is 3.00 bits per heavy atom. The minimum Gasteiger partial charge on any atom is -0.344 e. The maximum atomic E-state index is 12.7. The fourth-order valence-corrected chi connectivity index (χ4v) is 3.36. The van der Waals surface area contributed by atoms with Crippen molar-refractivity contribution in [2.75, 3.05) is 0 Å². The van der Waals surface area contributed by atoms with Crippen molar-refractivity contribution in [3.63, 3.8) is 0 Å². The molecule has 2 aromatic rings. The van der Waals surface area contributed by atoms with Crippen LogP contribution in [0.1, 0.15) is 53.1 Å². The molecule has 1 aromatic carbocycles. The van der Waals surface area contributed by atoms with Crippen LogP contribution in [0.15, 0.2) is 24.3 Å². The van der Waals surface area contributed by atoms with Crippen molar-refractivity contribution in [3.05, 3.63) is 51.8 Å². The SMILES string of the molecule is CCn1nc(C)c(Cl)c1C(=O)NC1CCCc2ccccc21. The van der Waals surface area contributed by atoms with E-state index in [1.54, 1.807) is 4.68 Å². The number of fused-ring (bicyclic) bond motifs is 1. The van der Waals surface area contributed by atoms with Crippen molar-refractivity contribution in [3.8, 4) is 0 Å². The van der Waals surface area contributed by atoms with Gasteiger partial charge in [0.2, 0.25) is 0 Å². The lowest BCUT2D eigenvalue weighted by Gasteiger charge is -2.26. The maximum Gasteiger partial charge on any atom is 0.271 e. The summed E-state index contributed by atoms with van der Waals surface area (Å²) in [4.78, 5) is 12.7. The summed E-state index contributed by atoms with van der Waals surface area (Å²) in [6, 6.07) is 8.37. The van der Waals surface area contributed by atoms with Crippen molar-refractivity contribution in [2.45, 2.75) is 45.7 Å². The smallest absolute Gasteiger partial charge is 0.271 e. The Morgan fingerprint density at radius 1 is 1.45 bits per heavy atom. The van der Waals surface area contributed by atoms with E-state index in [-0.39, 0.29) is 11.9 Å². The van der Waals surface area contributed by atoms with E-state index in [2.05, 4.69) is 28.6 Å². The molecule has 5 heteroatoms. The quantitative estimate of drug-likeness (QED) is 0.938. The third kappa shape index (κ3) is 2.63. The van der Waals surface area contributed by atoms with Gasteiger partial charge in [-0.2, -0.15) is 5.10 Å². The molecule has 1 aliphatic carbocycles. The number of benzene rings is 1. The first-order valence-electron chi connectivity index (χ1n) is 7.73. The summed E-state index contributed by atoms with van der Waals surface area (Å²) in [7, 11) is 0. The third-order valence-corrected chi connectivity index (χ3v) is 4.70. The summed E-state index contributed by atoms with van der Waals surface area (Å²) >= 11 is 6.26. The van der Waals surface area contributed by atoms with Gasteiger partial charge in [-0.05, 0) is 44.2 Å². The average molecular weight is 318 g/mol. The maximum absolute atomic E-state index is 12.7. The monoisotopic (exact) mass is 317 g/mol. The zero-order valence-corrected chi connectivity index (χ0v) is 13.7. The van der Waals surface area contributed by atoms with Crippen molar-refractivity contribution in [2.24, 2.45) is 0 Å². The van der Waals surface area contributed by atoms with Gasteiger partial charge in [-0.3, -0.25) is 9.48 Å². The highest BCUT2D eigenvalue weighted by Gasteiger charge is 2.25. The fourth-order valence-electron chi connectivity index (χ4n) is 3.14. The normalized spacial score (nSPS) is 17.1. The number of carbonyl (C=O) groups is 1. The number of rotatable bonds is 3. The van der Waals surface area contributed by atoms with Crippen LogP contribution in [-0.4, -0.2) is 15.7 Å². The molecule has 1 amide bonds. The Morgan fingerprint density at radius 2 is 2.23 bits per heavy atom. The van der Waals surface area contributed by atoms with Gasteiger partial charge in [0, 0.05) is 6.54 Å². The average Bonchev–Trinajstić information content (AvgIpc) is 2.82. The van der Waals surface area contributed by atoms with E-state index in [1.807, 2.05) is 19.9 Å². The van der Waals surface area contributed by atoms with Crippen molar-refractivity contribution >= 4 is 17.5 Å². The number of amides is 1. The predicted octanol–water partition coefficient (Wildman–Crippen LogP) is 3.67. The van der Waals surface area contributed by atoms with Crippen LogP contribution in [0, 0.1) is 6.92 Å². The van der Waals surface area contributed by atoms with Gasteiger partial charge in [0.25, 0.3) is 5.91 Å². The summed E-state index contributed by atoms with van der Waals surface area (Å²) in [5.74, 6) is -0.144. The minimum atomic E-state index is -0.144. The first-order chi connectivity index (χ1) is 10.6. The largest absolute Gasteiger partial charge is 0.344 e. The van der Waals surface area contributed by atoms with Crippen LogP contribution < -0.4 is 5.32 Å². The van der Waals surface area contributed by atoms with Crippen LogP contribution in [0.2, 0.25) is 5.02 Å². The highest BCUT2D eigenvalue weighted by Crippen LogP contribution is 2.30. The number of aryl methyl sites for hydroxylation is 3. The van der Waals surface area contributed by atoms with E-state index in [9.17, 15) is 4.79 Å². The molecule has 3 rings (SSSR count). The van der Waals surface area contributed by atoms with E-state index in [0.29, 0.717) is 23.0 Å². The number of nitrogens with one attached hydrogen (secondary N) is 1. The third-order valence-electron chi connectivity index (χ3n) is 4.24.